The van der Waals surface area contributed by atoms with Crippen molar-refractivity contribution in [2.24, 2.45) is 0 Å². The van der Waals surface area contributed by atoms with E-state index >= 15 is 0 Å². The van der Waals surface area contributed by atoms with Crippen molar-refractivity contribution in [3.63, 3.8) is 0 Å². The Hall–Kier alpha value is -0.680. The van der Waals surface area contributed by atoms with Crippen molar-refractivity contribution in [1.29, 1.82) is 0 Å². The van der Waals surface area contributed by atoms with Gasteiger partial charge in [0, 0.05) is 18.5 Å². The smallest absolute Gasteiger partial charge is 0.145 e. The van der Waals surface area contributed by atoms with Crippen LogP contribution >= 0.6 is 11.8 Å². The lowest BCUT2D eigenvalue weighted by Crippen LogP contribution is -2.01. The number of nitrogens with zero attached hydrogens (tertiary/aromatic N) is 2. The number of aliphatic hydroxyl groups is 1. The molecule has 74 valence electrons. The van der Waals surface area contributed by atoms with Crippen LogP contribution in [0.5, 0.6) is 0 Å². The van der Waals surface area contributed by atoms with E-state index < -0.39 is 0 Å². The fourth-order valence-electron chi connectivity index (χ4n) is 0.997. The third kappa shape index (κ3) is 4.19. The summed E-state index contributed by atoms with van der Waals surface area (Å²) in [5, 5.41) is 12.6. The Balaban J connectivity index is 2.06. The molecule has 0 aromatic carbocycles. The van der Waals surface area contributed by atoms with E-state index in [1.54, 1.807) is 17.8 Å². The number of thioether (sulfide) groups is 1. The molecule has 4 nitrogen and oxygen atoms in total. The Morgan fingerprint density at radius 1 is 1.54 bits per heavy atom. The van der Waals surface area contributed by atoms with Crippen molar-refractivity contribution >= 4 is 17.6 Å². The molecule has 0 bridgehead atoms. The monoisotopic (exact) mass is 201 g/mol. The topological polar surface area (TPSA) is 64.1 Å². The highest BCUT2D eigenvalue weighted by atomic mass is 32.2. The van der Waals surface area contributed by atoms with E-state index in [9.17, 15) is 0 Å². The van der Waals surface area contributed by atoms with Gasteiger partial charge in [-0.3, -0.25) is 4.68 Å². The Morgan fingerprint density at radius 3 is 3.00 bits per heavy atom. The first-order chi connectivity index (χ1) is 6.33. The molecule has 1 rings (SSSR count). The highest BCUT2D eigenvalue weighted by Crippen LogP contribution is 2.03. The minimum Gasteiger partial charge on any atom is -0.396 e. The van der Waals surface area contributed by atoms with Crippen LogP contribution in [0, 0.1) is 0 Å². The first kappa shape index (κ1) is 10.4. The number of anilines is 1. The molecule has 3 N–H and O–H groups in total. The maximum absolute atomic E-state index is 8.53. The lowest BCUT2D eigenvalue weighted by molar-refractivity contribution is 0.322. The van der Waals surface area contributed by atoms with Crippen LogP contribution in [0.15, 0.2) is 12.3 Å². The quantitative estimate of drug-likeness (QED) is 0.661. The summed E-state index contributed by atoms with van der Waals surface area (Å²) < 4.78 is 1.84. The summed E-state index contributed by atoms with van der Waals surface area (Å²) in [6.45, 7) is 1.16. The van der Waals surface area contributed by atoms with Crippen LogP contribution in [-0.2, 0) is 6.54 Å². The molecule has 1 aromatic heterocycles. The molecule has 0 spiro atoms. The van der Waals surface area contributed by atoms with Crippen molar-refractivity contribution < 1.29 is 5.11 Å². The van der Waals surface area contributed by atoms with E-state index in [2.05, 4.69) is 5.10 Å². The predicted octanol–water partition coefficient (Wildman–Crippen LogP) is 0.581. The third-order valence-corrected chi connectivity index (χ3v) is 2.62. The Morgan fingerprint density at radius 2 is 2.38 bits per heavy atom. The molecule has 0 aliphatic heterocycles. The van der Waals surface area contributed by atoms with Gasteiger partial charge in [-0.25, -0.2) is 0 Å². The lowest BCUT2D eigenvalue weighted by Gasteiger charge is -2.00. The zero-order valence-electron chi connectivity index (χ0n) is 7.52. The molecule has 0 fully saturated rings. The average molecular weight is 201 g/mol. The fraction of sp³-hybridized carbons (Fsp3) is 0.625. The Bertz CT molecular complexity index is 239. The number of aryl methyl sites for hydroxylation is 1. The van der Waals surface area contributed by atoms with Gasteiger partial charge < -0.3 is 10.8 Å². The normalized spacial score (nSPS) is 10.5. The van der Waals surface area contributed by atoms with Crippen LogP contribution < -0.4 is 5.73 Å². The molecule has 0 aliphatic rings. The van der Waals surface area contributed by atoms with Crippen LogP contribution in [-0.4, -0.2) is 33.0 Å². The standard InChI is InChI=1S/C8H15N3OS/c9-8-2-4-11(10-8)3-1-6-13-7-5-12/h2,4,12H,1,3,5-7H2,(H2,9,10). The Kier molecular flexibility index (Phi) is 4.70. The minimum atomic E-state index is 0.263. The summed E-state index contributed by atoms with van der Waals surface area (Å²) in [7, 11) is 0. The van der Waals surface area contributed by atoms with E-state index in [1.165, 1.54) is 0 Å². The molecule has 1 heterocycles. The SMILES string of the molecule is Nc1ccn(CCCSCCO)n1. The van der Waals surface area contributed by atoms with E-state index in [4.69, 9.17) is 10.8 Å². The van der Waals surface area contributed by atoms with E-state index in [1.807, 2.05) is 10.9 Å². The van der Waals surface area contributed by atoms with Gasteiger partial charge in [-0.2, -0.15) is 16.9 Å². The molecule has 0 amide bonds. The van der Waals surface area contributed by atoms with Crippen LogP contribution in [0.2, 0.25) is 0 Å². The van der Waals surface area contributed by atoms with Crippen molar-refractivity contribution in [3.8, 4) is 0 Å². The van der Waals surface area contributed by atoms with Gasteiger partial charge >= 0.3 is 0 Å². The van der Waals surface area contributed by atoms with Gasteiger partial charge in [0.25, 0.3) is 0 Å². The van der Waals surface area contributed by atoms with E-state index in [0.29, 0.717) is 5.82 Å². The second kappa shape index (κ2) is 5.88. The van der Waals surface area contributed by atoms with Gasteiger partial charge in [-0.15, -0.1) is 0 Å². The number of hydrogen-bond donors (Lipinski definition) is 2. The number of hydrogen-bond acceptors (Lipinski definition) is 4. The second-order valence-electron chi connectivity index (χ2n) is 2.69. The van der Waals surface area contributed by atoms with Gasteiger partial charge in [0.15, 0.2) is 0 Å². The van der Waals surface area contributed by atoms with Crippen molar-refractivity contribution in [1.82, 2.24) is 9.78 Å². The third-order valence-electron chi connectivity index (χ3n) is 1.57. The van der Waals surface area contributed by atoms with E-state index in [0.717, 1.165) is 24.5 Å². The van der Waals surface area contributed by atoms with Crippen molar-refractivity contribution in [3.05, 3.63) is 12.3 Å². The molecule has 13 heavy (non-hydrogen) atoms. The molecule has 0 saturated carbocycles. The number of nitrogen functional groups attached to an aromatic ring is 1. The maximum Gasteiger partial charge on any atom is 0.145 e. The Labute approximate surface area is 82.1 Å². The molecule has 1 aromatic rings. The number of nitrogens with two attached hydrogens (primary N) is 1. The molecule has 5 heteroatoms. The van der Waals surface area contributed by atoms with Crippen molar-refractivity contribution in [2.75, 3.05) is 23.8 Å². The first-order valence-electron chi connectivity index (χ1n) is 4.30. The van der Waals surface area contributed by atoms with Gasteiger partial charge in [0.2, 0.25) is 0 Å². The number of rotatable bonds is 6. The summed E-state index contributed by atoms with van der Waals surface area (Å²) in [4.78, 5) is 0. The largest absolute Gasteiger partial charge is 0.396 e. The molecule has 0 atom stereocenters. The van der Waals surface area contributed by atoms with Crippen LogP contribution in [0.1, 0.15) is 6.42 Å². The highest BCUT2D eigenvalue weighted by molar-refractivity contribution is 7.99. The molecular formula is C8H15N3OS. The molecule has 0 radical (unpaired) electrons. The fourth-order valence-corrected chi connectivity index (χ4v) is 1.66. The first-order valence-corrected chi connectivity index (χ1v) is 5.46. The zero-order valence-corrected chi connectivity index (χ0v) is 8.33. The maximum atomic E-state index is 8.53. The summed E-state index contributed by atoms with van der Waals surface area (Å²) in [5.41, 5.74) is 5.46. The molecule has 0 unspecified atom stereocenters. The van der Waals surface area contributed by atoms with Crippen LogP contribution in [0.3, 0.4) is 0 Å². The number of aliphatic hydroxyl groups excluding tert-OH is 1. The summed E-state index contributed by atoms with van der Waals surface area (Å²) in [6, 6.07) is 1.79. The van der Waals surface area contributed by atoms with Gasteiger partial charge in [0.1, 0.15) is 5.82 Å². The lowest BCUT2D eigenvalue weighted by atomic mass is 10.5. The van der Waals surface area contributed by atoms with Crippen molar-refractivity contribution in [2.45, 2.75) is 13.0 Å². The number of aromatic nitrogens is 2. The summed E-state index contributed by atoms with van der Waals surface area (Å²) in [5.74, 6) is 2.45. The zero-order chi connectivity index (χ0) is 9.52. The van der Waals surface area contributed by atoms with Gasteiger partial charge in [-0.1, -0.05) is 0 Å². The summed E-state index contributed by atoms with van der Waals surface area (Å²) in [6.07, 6.45) is 2.94. The second-order valence-corrected chi connectivity index (χ2v) is 3.92. The summed E-state index contributed by atoms with van der Waals surface area (Å²) >= 11 is 1.76. The van der Waals surface area contributed by atoms with Crippen LogP contribution in [0.4, 0.5) is 5.82 Å². The highest BCUT2D eigenvalue weighted by Gasteiger charge is 1.94. The van der Waals surface area contributed by atoms with Gasteiger partial charge in [-0.05, 0) is 18.2 Å². The molecule has 0 aliphatic carbocycles. The molecular weight excluding hydrogens is 186 g/mol. The van der Waals surface area contributed by atoms with Gasteiger partial charge in [0.05, 0.1) is 6.61 Å². The van der Waals surface area contributed by atoms with Crippen LogP contribution in [0.25, 0.3) is 0 Å². The predicted molar refractivity (Wildman–Crippen MR) is 55.7 cm³/mol. The minimum absolute atomic E-state index is 0.263. The molecule has 0 saturated heterocycles. The average Bonchev–Trinajstić information content (AvgIpc) is 2.51. The van der Waals surface area contributed by atoms with E-state index in [-0.39, 0.29) is 6.61 Å².